The summed E-state index contributed by atoms with van der Waals surface area (Å²) in [6.45, 7) is 2.75. The molecule has 0 unspecified atom stereocenters. The fraction of sp³-hybridized carbons (Fsp3) is 0.167. The number of hydrogen-bond donors (Lipinski definition) is 1. The van der Waals surface area contributed by atoms with Gasteiger partial charge in [0.05, 0.1) is 12.2 Å². The number of hydrogen-bond acceptors (Lipinski definition) is 2. The zero-order valence-electron chi connectivity index (χ0n) is 9.05. The van der Waals surface area contributed by atoms with Crippen molar-refractivity contribution in [3.8, 4) is 0 Å². The van der Waals surface area contributed by atoms with Crippen LogP contribution in [0.4, 0.5) is 0 Å². The average molecular weight is 231 g/mol. The number of aromatic nitrogens is 2. The first-order valence-electron chi connectivity index (χ1n) is 5.04. The highest BCUT2D eigenvalue weighted by molar-refractivity contribution is 7.80. The summed E-state index contributed by atoms with van der Waals surface area (Å²) in [4.78, 5) is 0.432. The van der Waals surface area contributed by atoms with Gasteiger partial charge >= 0.3 is 0 Å². The van der Waals surface area contributed by atoms with Crippen molar-refractivity contribution >= 4 is 17.2 Å². The van der Waals surface area contributed by atoms with Gasteiger partial charge in [0.2, 0.25) is 0 Å². The molecule has 0 saturated carbocycles. The molecule has 82 valence electrons. The third-order valence-corrected chi connectivity index (χ3v) is 2.59. The van der Waals surface area contributed by atoms with Crippen molar-refractivity contribution in [1.82, 2.24) is 9.78 Å². The number of rotatable bonds is 3. The maximum Gasteiger partial charge on any atom is 0.103 e. The summed E-state index contributed by atoms with van der Waals surface area (Å²) in [5.41, 5.74) is 8.64. The van der Waals surface area contributed by atoms with Crippen LogP contribution in [0.1, 0.15) is 16.8 Å². The largest absolute Gasteiger partial charge is 0.389 e. The minimum absolute atomic E-state index is 0.432. The predicted octanol–water partition coefficient (Wildman–Crippen LogP) is 1.87. The van der Waals surface area contributed by atoms with Gasteiger partial charge in [0, 0.05) is 11.8 Å². The van der Waals surface area contributed by atoms with Crippen LogP contribution in [0.5, 0.6) is 0 Å². The van der Waals surface area contributed by atoms with E-state index in [1.807, 2.05) is 48.1 Å². The normalized spacial score (nSPS) is 10.3. The summed E-state index contributed by atoms with van der Waals surface area (Å²) in [5, 5.41) is 4.33. The molecule has 0 aliphatic rings. The van der Waals surface area contributed by atoms with Gasteiger partial charge in [-0.2, -0.15) is 5.10 Å². The van der Waals surface area contributed by atoms with E-state index in [9.17, 15) is 0 Å². The first kappa shape index (κ1) is 10.8. The van der Waals surface area contributed by atoms with Crippen molar-refractivity contribution in [2.24, 2.45) is 5.73 Å². The molecule has 0 saturated heterocycles. The van der Waals surface area contributed by atoms with E-state index < -0.39 is 0 Å². The highest BCUT2D eigenvalue weighted by Gasteiger charge is 1.99. The lowest BCUT2D eigenvalue weighted by Gasteiger charge is -2.03. The van der Waals surface area contributed by atoms with Crippen molar-refractivity contribution in [3.05, 3.63) is 53.3 Å². The molecule has 16 heavy (non-hydrogen) atoms. The Kier molecular flexibility index (Phi) is 3.01. The van der Waals surface area contributed by atoms with E-state index >= 15 is 0 Å². The quantitative estimate of drug-likeness (QED) is 0.820. The number of nitrogens with two attached hydrogens (primary N) is 1. The van der Waals surface area contributed by atoms with Gasteiger partial charge in [-0.25, -0.2) is 0 Å². The van der Waals surface area contributed by atoms with Crippen molar-refractivity contribution in [1.29, 1.82) is 0 Å². The Morgan fingerprint density at radius 1 is 1.31 bits per heavy atom. The molecule has 0 fully saturated rings. The van der Waals surface area contributed by atoms with Gasteiger partial charge < -0.3 is 5.73 Å². The van der Waals surface area contributed by atoms with E-state index in [4.69, 9.17) is 18.0 Å². The van der Waals surface area contributed by atoms with E-state index in [2.05, 4.69) is 5.10 Å². The monoisotopic (exact) mass is 231 g/mol. The molecule has 0 aliphatic carbocycles. The van der Waals surface area contributed by atoms with Gasteiger partial charge in [0.25, 0.3) is 0 Å². The van der Waals surface area contributed by atoms with E-state index in [1.54, 1.807) is 0 Å². The minimum atomic E-state index is 0.432. The van der Waals surface area contributed by atoms with Gasteiger partial charge in [-0.1, -0.05) is 36.5 Å². The first-order valence-corrected chi connectivity index (χ1v) is 5.45. The standard InChI is InChI=1S/C12H13N3S/c1-9-6-7-15(14-9)8-10-2-4-11(5-3-10)12(13)16/h2-7H,8H2,1H3,(H2,13,16). The lowest BCUT2D eigenvalue weighted by atomic mass is 10.1. The Bertz CT molecular complexity index is 499. The smallest absolute Gasteiger partial charge is 0.103 e. The highest BCUT2D eigenvalue weighted by Crippen LogP contribution is 2.06. The van der Waals surface area contributed by atoms with Crippen LogP contribution in [-0.4, -0.2) is 14.8 Å². The van der Waals surface area contributed by atoms with E-state index in [-0.39, 0.29) is 0 Å². The summed E-state index contributed by atoms with van der Waals surface area (Å²) in [7, 11) is 0. The molecular formula is C12H13N3S. The maximum atomic E-state index is 5.53. The summed E-state index contributed by atoms with van der Waals surface area (Å²) in [5.74, 6) is 0. The van der Waals surface area contributed by atoms with Crippen molar-refractivity contribution < 1.29 is 0 Å². The van der Waals surface area contributed by atoms with Crippen LogP contribution in [0.3, 0.4) is 0 Å². The number of thiocarbonyl (C=S) groups is 1. The predicted molar refractivity (Wildman–Crippen MR) is 68.4 cm³/mol. The molecule has 0 amide bonds. The minimum Gasteiger partial charge on any atom is -0.389 e. The second-order valence-corrected chi connectivity index (χ2v) is 4.16. The van der Waals surface area contributed by atoms with Gasteiger partial charge in [0.15, 0.2) is 0 Å². The molecule has 1 heterocycles. The Morgan fingerprint density at radius 2 is 2.00 bits per heavy atom. The molecule has 0 radical (unpaired) electrons. The molecule has 4 heteroatoms. The lowest BCUT2D eigenvalue weighted by molar-refractivity contribution is 0.679. The molecule has 2 rings (SSSR count). The molecule has 1 aromatic carbocycles. The SMILES string of the molecule is Cc1ccn(Cc2ccc(C(N)=S)cc2)n1. The van der Waals surface area contributed by atoms with Crippen LogP contribution in [0.25, 0.3) is 0 Å². The van der Waals surface area contributed by atoms with Gasteiger partial charge in [-0.05, 0) is 18.6 Å². The van der Waals surface area contributed by atoms with E-state index in [1.165, 1.54) is 5.56 Å². The fourth-order valence-corrected chi connectivity index (χ4v) is 1.65. The maximum absolute atomic E-state index is 5.53. The van der Waals surface area contributed by atoms with Crippen LogP contribution in [0, 0.1) is 6.92 Å². The topological polar surface area (TPSA) is 43.8 Å². The summed E-state index contributed by atoms with van der Waals surface area (Å²) in [6, 6.07) is 9.91. The van der Waals surface area contributed by atoms with E-state index in [0.717, 1.165) is 17.8 Å². The van der Waals surface area contributed by atoms with Crippen molar-refractivity contribution in [2.75, 3.05) is 0 Å². The third kappa shape index (κ3) is 2.46. The average Bonchev–Trinajstić information content (AvgIpc) is 2.65. The Balaban J connectivity index is 2.14. The zero-order chi connectivity index (χ0) is 11.5. The summed E-state index contributed by atoms with van der Waals surface area (Å²) < 4.78 is 1.91. The third-order valence-electron chi connectivity index (χ3n) is 2.36. The first-order chi connectivity index (χ1) is 7.65. The van der Waals surface area contributed by atoms with Crippen LogP contribution in [0.2, 0.25) is 0 Å². The molecule has 0 aliphatic heterocycles. The van der Waals surface area contributed by atoms with Crippen LogP contribution >= 0.6 is 12.2 Å². The van der Waals surface area contributed by atoms with Crippen LogP contribution < -0.4 is 5.73 Å². The Labute approximate surface area is 99.9 Å². The molecule has 0 atom stereocenters. The number of benzene rings is 1. The number of aryl methyl sites for hydroxylation is 1. The molecule has 0 bridgehead atoms. The van der Waals surface area contributed by atoms with Crippen LogP contribution in [0.15, 0.2) is 36.5 Å². The van der Waals surface area contributed by atoms with Crippen molar-refractivity contribution in [2.45, 2.75) is 13.5 Å². The Morgan fingerprint density at radius 3 is 2.50 bits per heavy atom. The van der Waals surface area contributed by atoms with Gasteiger partial charge in [-0.15, -0.1) is 0 Å². The molecule has 0 spiro atoms. The molecule has 1 aromatic heterocycles. The molecule has 2 N–H and O–H groups in total. The van der Waals surface area contributed by atoms with E-state index in [0.29, 0.717) is 4.99 Å². The van der Waals surface area contributed by atoms with Crippen molar-refractivity contribution in [3.63, 3.8) is 0 Å². The van der Waals surface area contributed by atoms with Crippen LogP contribution in [-0.2, 0) is 6.54 Å². The van der Waals surface area contributed by atoms with Gasteiger partial charge in [0.1, 0.15) is 4.99 Å². The molecule has 3 nitrogen and oxygen atoms in total. The Hall–Kier alpha value is -1.68. The highest BCUT2D eigenvalue weighted by atomic mass is 32.1. The number of nitrogens with zero attached hydrogens (tertiary/aromatic N) is 2. The second kappa shape index (κ2) is 4.45. The fourth-order valence-electron chi connectivity index (χ4n) is 1.51. The molecule has 2 aromatic rings. The summed E-state index contributed by atoms with van der Waals surface area (Å²) in [6.07, 6.45) is 1.97. The van der Waals surface area contributed by atoms with Gasteiger partial charge in [-0.3, -0.25) is 4.68 Å². The lowest BCUT2D eigenvalue weighted by Crippen LogP contribution is -2.09. The second-order valence-electron chi connectivity index (χ2n) is 3.72. The molecular weight excluding hydrogens is 218 g/mol. The zero-order valence-corrected chi connectivity index (χ0v) is 9.87. The summed E-state index contributed by atoms with van der Waals surface area (Å²) >= 11 is 4.90.